The zero-order valence-corrected chi connectivity index (χ0v) is 12.2. The first-order chi connectivity index (χ1) is 9.01. The maximum absolute atomic E-state index is 10.6. The number of hydrogen-bond acceptors (Lipinski definition) is 2. The van der Waals surface area contributed by atoms with Crippen LogP contribution in [-0.4, -0.2) is 29.1 Å². The van der Waals surface area contributed by atoms with Crippen molar-refractivity contribution in [2.45, 2.75) is 40.2 Å². The fourth-order valence-electron chi connectivity index (χ4n) is 2.11. The highest BCUT2D eigenvalue weighted by Crippen LogP contribution is 2.11. The van der Waals surface area contributed by atoms with Gasteiger partial charge in [0.25, 0.3) is 0 Å². The molecule has 19 heavy (non-hydrogen) atoms. The third-order valence-electron chi connectivity index (χ3n) is 3.16. The lowest BCUT2D eigenvalue weighted by molar-refractivity contribution is -0.137. The summed E-state index contributed by atoms with van der Waals surface area (Å²) in [7, 11) is 0. The van der Waals surface area contributed by atoms with Crippen LogP contribution >= 0.6 is 0 Å². The fraction of sp³-hybridized carbons (Fsp3) is 0.562. The Morgan fingerprint density at radius 1 is 1.21 bits per heavy atom. The number of carboxylic acid groups (broad SMARTS) is 1. The van der Waals surface area contributed by atoms with Crippen LogP contribution in [0.15, 0.2) is 24.3 Å². The third kappa shape index (κ3) is 6.39. The molecule has 3 heteroatoms. The van der Waals surface area contributed by atoms with Gasteiger partial charge in [-0.1, -0.05) is 45.0 Å². The quantitative estimate of drug-likeness (QED) is 0.783. The molecule has 0 atom stereocenters. The Morgan fingerprint density at radius 2 is 1.79 bits per heavy atom. The zero-order valence-electron chi connectivity index (χ0n) is 12.2. The molecule has 0 saturated carbocycles. The number of hydrogen-bond donors (Lipinski definition) is 1. The zero-order chi connectivity index (χ0) is 14.3. The molecule has 0 radical (unpaired) electrons. The monoisotopic (exact) mass is 263 g/mol. The summed E-state index contributed by atoms with van der Waals surface area (Å²) in [4.78, 5) is 12.8. The Hall–Kier alpha value is -1.35. The van der Waals surface area contributed by atoms with Crippen LogP contribution in [0.1, 0.15) is 38.3 Å². The van der Waals surface area contributed by atoms with E-state index in [1.807, 2.05) is 0 Å². The molecule has 0 aliphatic rings. The molecular formula is C16H25NO2. The second-order valence-corrected chi connectivity index (χ2v) is 5.43. The van der Waals surface area contributed by atoms with E-state index in [2.05, 4.69) is 49.9 Å². The minimum absolute atomic E-state index is 0.208. The van der Waals surface area contributed by atoms with Crippen molar-refractivity contribution in [3.8, 4) is 0 Å². The minimum Gasteiger partial charge on any atom is -0.481 e. The van der Waals surface area contributed by atoms with Crippen molar-refractivity contribution < 1.29 is 9.90 Å². The van der Waals surface area contributed by atoms with E-state index in [4.69, 9.17) is 5.11 Å². The van der Waals surface area contributed by atoms with Crippen LogP contribution in [0.4, 0.5) is 0 Å². The number of benzene rings is 1. The average Bonchev–Trinajstić information content (AvgIpc) is 2.35. The van der Waals surface area contributed by atoms with Crippen LogP contribution in [-0.2, 0) is 17.8 Å². The predicted molar refractivity (Wildman–Crippen MR) is 78.2 cm³/mol. The Kier molecular flexibility index (Phi) is 6.57. The number of rotatable bonds is 8. The molecule has 0 heterocycles. The molecule has 0 aliphatic carbocycles. The molecule has 1 N–H and O–H groups in total. The molecule has 0 unspecified atom stereocenters. The second kappa shape index (κ2) is 7.95. The molecule has 0 amide bonds. The van der Waals surface area contributed by atoms with Gasteiger partial charge in [0.2, 0.25) is 0 Å². The Labute approximate surface area is 116 Å². The van der Waals surface area contributed by atoms with Crippen molar-refractivity contribution in [2.75, 3.05) is 13.1 Å². The topological polar surface area (TPSA) is 40.5 Å². The average molecular weight is 263 g/mol. The molecule has 1 aromatic carbocycles. The first-order valence-corrected chi connectivity index (χ1v) is 7.03. The Morgan fingerprint density at radius 3 is 2.26 bits per heavy atom. The van der Waals surface area contributed by atoms with Crippen LogP contribution in [0.2, 0.25) is 0 Å². The molecule has 1 aromatic rings. The molecule has 3 nitrogen and oxygen atoms in total. The van der Waals surface area contributed by atoms with Gasteiger partial charge in [0, 0.05) is 13.1 Å². The summed E-state index contributed by atoms with van der Waals surface area (Å²) < 4.78 is 0. The van der Waals surface area contributed by atoms with Crippen molar-refractivity contribution in [3.05, 3.63) is 35.4 Å². The Balaban J connectivity index is 2.52. The van der Waals surface area contributed by atoms with Crippen LogP contribution in [0.25, 0.3) is 0 Å². The van der Waals surface area contributed by atoms with Crippen molar-refractivity contribution in [3.63, 3.8) is 0 Å². The predicted octanol–water partition coefficient (Wildman–Crippen LogP) is 3.18. The van der Waals surface area contributed by atoms with Crippen molar-refractivity contribution >= 4 is 5.97 Å². The largest absolute Gasteiger partial charge is 0.481 e. The van der Waals surface area contributed by atoms with Crippen LogP contribution < -0.4 is 0 Å². The van der Waals surface area contributed by atoms with Gasteiger partial charge in [0.05, 0.1) is 6.42 Å². The van der Waals surface area contributed by atoms with Gasteiger partial charge in [-0.3, -0.25) is 9.69 Å². The molecule has 0 bridgehead atoms. The van der Waals surface area contributed by atoms with Gasteiger partial charge in [0.15, 0.2) is 0 Å². The Bertz CT molecular complexity index is 384. The van der Waals surface area contributed by atoms with Gasteiger partial charge in [-0.25, -0.2) is 0 Å². The highest BCUT2D eigenvalue weighted by Gasteiger charge is 2.06. The fourth-order valence-corrected chi connectivity index (χ4v) is 2.11. The summed E-state index contributed by atoms with van der Waals surface area (Å²) in [5.41, 5.74) is 2.62. The summed E-state index contributed by atoms with van der Waals surface area (Å²) in [6.07, 6.45) is 1.32. The third-order valence-corrected chi connectivity index (χ3v) is 3.16. The number of nitrogens with zero attached hydrogens (tertiary/aromatic N) is 1. The van der Waals surface area contributed by atoms with Gasteiger partial charge in [-0.05, 0) is 30.0 Å². The van der Waals surface area contributed by atoms with Gasteiger partial charge < -0.3 is 5.11 Å². The van der Waals surface area contributed by atoms with E-state index < -0.39 is 5.97 Å². The van der Waals surface area contributed by atoms with Crippen LogP contribution in [0.5, 0.6) is 0 Å². The van der Waals surface area contributed by atoms with E-state index in [-0.39, 0.29) is 6.42 Å². The molecule has 106 valence electrons. The second-order valence-electron chi connectivity index (χ2n) is 5.43. The van der Waals surface area contributed by atoms with E-state index >= 15 is 0 Å². The van der Waals surface area contributed by atoms with E-state index in [1.54, 1.807) is 0 Å². The lowest BCUT2D eigenvalue weighted by atomic mass is 10.0. The number of aliphatic carboxylic acids is 1. The van der Waals surface area contributed by atoms with Gasteiger partial charge in [0.1, 0.15) is 0 Å². The minimum atomic E-state index is -0.731. The first kappa shape index (κ1) is 15.7. The highest BCUT2D eigenvalue weighted by atomic mass is 16.4. The first-order valence-electron chi connectivity index (χ1n) is 7.03. The van der Waals surface area contributed by atoms with Crippen molar-refractivity contribution in [1.82, 2.24) is 4.90 Å². The lowest BCUT2D eigenvalue weighted by Crippen LogP contribution is -2.25. The van der Waals surface area contributed by atoms with Gasteiger partial charge in [-0.15, -0.1) is 0 Å². The molecule has 0 spiro atoms. The molecule has 1 rings (SSSR count). The summed E-state index contributed by atoms with van der Waals surface area (Å²) in [6.45, 7) is 8.82. The summed E-state index contributed by atoms with van der Waals surface area (Å²) in [5.74, 6) is -0.0562. The smallest absolute Gasteiger partial charge is 0.304 e. The molecule has 0 aliphatic heterocycles. The van der Waals surface area contributed by atoms with Crippen molar-refractivity contribution in [2.24, 2.45) is 5.92 Å². The number of carboxylic acids is 1. The number of carbonyl (C=O) groups is 1. The van der Waals surface area contributed by atoms with E-state index in [9.17, 15) is 4.79 Å². The molecule has 0 aromatic heterocycles. The molecular weight excluding hydrogens is 238 g/mol. The van der Waals surface area contributed by atoms with Crippen LogP contribution in [0.3, 0.4) is 0 Å². The highest BCUT2D eigenvalue weighted by molar-refractivity contribution is 5.66. The summed E-state index contributed by atoms with van der Waals surface area (Å²) in [6, 6.07) is 8.67. The van der Waals surface area contributed by atoms with Gasteiger partial charge in [-0.2, -0.15) is 0 Å². The van der Waals surface area contributed by atoms with E-state index in [1.165, 1.54) is 11.1 Å². The summed E-state index contributed by atoms with van der Waals surface area (Å²) >= 11 is 0. The lowest BCUT2D eigenvalue weighted by Gasteiger charge is -2.19. The molecule has 0 fully saturated rings. The molecule has 0 saturated heterocycles. The maximum Gasteiger partial charge on any atom is 0.304 e. The summed E-state index contributed by atoms with van der Waals surface area (Å²) in [5, 5.41) is 8.72. The maximum atomic E-state index is 10.6. The van der Waals surface area contributed by atoms with Crippen molar-refractivity contribution in [1.29, 1.82) is 0 Å². The van der Waals surface area contributed by atoms with E-state index in [0.29, 0.717) is 12.5 Å². The van der Waals surface area contributed by atoms with Crippen LogP contribution in [0, 0.1) is 5.92 Å². The van der Waals surface area contributed by atoms with Gasteiger partial charge >= 0.3 is 5.97 Å². The SMILES string of the molecule is CCN(CCC(=O)O)Cc1ccc(CC(C)C)cc1. The standard InChI is InChI=1S/C16H25NO2/c1-4-17(10-9-16(18)19)12-15-7-5-14(6-8-15)11-13(2)3/h5-8,13H,4,9-12H2,1-3H3,(H,18,19). The van der Waals surface area contributed by atoms with E-state index in [0.717, 1.165) is 19.5 Å². The normalized spacial score (nSPS) is 11.2.